The minimum absolute atomic E-state index is 0.0890. The largest absolute Gasteiger partial charge is 0.338 e. The third-order valence-corrected chi connectivity index (χ3v) is 5.68. The van der Waals surface area contributed by atoms with Crippen molar-refractivity contribution in [2.24, 2.45) is 0 Å². The lowest BCUT2D eigenvalue weighted by Crippen LogP contribution is -2.32. The molecule has 1 N–H and O–H groups in total. The van der Waals surface area contributed by atoms with E-state index in [2.05, 4.69) is 22.1 Å². The molecule has 3 heterocycles. The molecule has 142 valence electrons. The Kier molecular flexibility index (Phi) is 3.89. The molecule has 1 atom stereocenters. The van der Waals surface area contributed by atoms with Gasteiger partial charge in [0.1, 0.15) is 5.65 Å². The summed E-state index contributed by atoms with van der Waals surface area (Å²) in [6, 6.07) is 11.8. The van der Waals surface area contributed by atoms with Gasteiger partial charge in [-0.25, -0.2) is 9.78 Å². The normalized spacial score (nSPS) is 19.3. The zero-order chi connectivity index (χ0) is 19.3. The van der Waals surface area contributed by atoms with Crippen molar-refractivity contribution in [3.05, 3.63) is 74.6 Å². The standard InChI is InChI=1S/C21H20N4O3/c26-19-17-10-15(11-22-18(17)25(16-6-7-16)21(28)23-19)20(27)24-9-8-14(12-24)13-4-2-1-3-5-13/h1-5,10-11,14,16H,6-9,12H2,(H,23,26,28). The number of likely N-dealkylation sites (tertiary alicyclic amines) is 1. The van der Waals surface area contributed by atoms with Crippen LogP contribution in [0.3, 0.4) is 0 Å². The fraction of sp³-hybridized carbons (Fsp3) is 0.333. The summed E-state index contributed by atoms with van der Waals surface area (Å²) in [6.45, 7) is 1.33. The summed E-state index contributed by atoms with van der Waals surface area (Å²) >= 11 is 0. The number of hydrogen-bond donors (Lipinski definition) is 1. The highest BCUT2D eigenvalue weighted by molar-refractivity contribution is 5.97. The molecule has 1 aliphatic carbocycles. The van der Waals surface area contributed by atoms with Crippen LogP contribution in [0.25, 0.3) is 11.0 Å². The van der Waals surface area contributed by atoms with Crippen LogP contribution in [-0.4, -0.2) is 38.4 Å². The first-order valence-corrected chi connectivity index (χ1v) is 9.60. The van der Waals surface area contributed by atoms with Crippen LogP contribution >= 0.6 is 0 Å². The lowest BCUT2D eigenvalue weighted by atomic mass is 9.99. The molecule has 0 spiro atoms. The molecular formula is C21H20N4O3. The number of aromatic nitrogens is 3. The lowest BCUT2D eigenvalue weighted by Gasteiger charge is -2.17. The van der Waals surface area contributed by atoms with Gasteiger partial charge < -0.3 is 4.90 Å². The smallest absolute Gasteiger partial charge is 0.330 e. The molecule has 2 aliphatic rings. The van der Waals surface area contributed by atoms with Gasteiger partial charge in [0.05, 0.1) is 10.9 Å². The molecule has 7 heteroatoms. The number of aromatic amines is 1. The zero-order valence-electron chi connectivity index (χ0n) is 15.3. The van der Waals surface area contributed by atoms with E-state index in [1.54, 1.807) is 6.07 Å². The number of hydrogen-bond acceptors (Lipinski definition) is 4. The fourth-order valence-electron chi connectivity index (χ4n) is 4.05. The Balaban J connectivity index is 1.46. The van der Waals surface area contributed by atoms with Crippen LogP contribution in [0.5, 0.6) is 0 Å². The summed E-state index contributed by atoms with van der Waals surface area (Å²) in [5.41, 5.74) is 1.04. The van der Waals surface area contributed by atoms with Gasteiger partial charge >= 0.3 is 5.69 Å². The highest BCUT2D eigenvalue weighted by atomic mass is 16.2. The van der Waals surface area contributed by atoms with Gasteiger partial charge in [0, 0.05) is 31.2 Å². The van der Waals surface area contributed by atoms with E-state index >= 15 is 0 Å². The number of carbonyl (C=O) groups is 1. The maximum absolute atomic E-state index is 13.0. The fourth-order valence-corrected chi connectivity index (χ4v) is 4.05. The summed E-state index contributed by atoms with van der Waals surface area (Å²) in [4.78, 5) is 45.9. The molecule has 2 aromatic heterocycles. The number of H-pyrrole nitrogens is 1. The Morgan fingerprint density at radius 3 is 2.64 bits per heavy atom. The van der Waals surface area contributed by atoms with E-state index in [-0.39, 0.29) is 17.3 Å². The second-order valence-electron chi connectivity index (χ2n) is 7.60. The number of benzene rings is 1. The highest BCUT2D eigenvalue weighted by Gasteiger charge is 2.30. The van der Waals surface area contributed by atoms with Gasteiger partial charge in [-0.2, -0.15) is 0 Å². The predicted molar refractivity (Wildman–Crippen MR) is 105 cm³/mol. The van der Waals surface area contributed by atoms with Gasteiger partial charge in [-0.3, -0.25) is 19.1 Å². The van der Waals surface area contributed by atoms with Crippen molar-refractivity contribution in [2.75, 3.05) is 13.1 Å². The average molecular weight is 376 g/mol. The monoisotopic (exact) mass is 376 g/mol. The molecule has 1 amide bonds. The molecule has 7 nitrogen and oxygen atoms in total. The number of amides is 1. The molecule has 1 saturated carbocycles. The minimum atomic E-state index is -0.498. The Labute approximate surface area is 160 Å². The van der Waals surface area contributed by atoms with Crippen LogP contribution in [0.2, 0.25) is 0 Å². The Hall–Kier alpha value is -3.22. The molecule has 1 unspecified atom stereocenters. The second kappa shape index (κ2) is 6.44. The number of carbonyl (C=O) groups excluding carboxylic acids is 1. The van der Waals surface area contributed by atoms with E-state index in [9.17, 15) is 14.4 Å². The second-order valence-corrected chi connectivity index (χ2v) is 7.60. The van der Waals surface area contributed by atoms with Gasteiger partial charge in [-0.15, -0.1) is 0 Å². The van der Waals surface area contributed by atoms with Crippen LogP contribution in [0, 0.1) is 0 Å². The predicted octanol–water partition coefficient (Wildman–Crippen LogP) is 2.05. The molecular weight excluding hydrogens is 356 g/mol. The molecule has 1 aliphatic heterocycles. The van der Waals surface area contributed by atoms with Crippen LogP contribution in [-0.2, 0) is 0 Å². The Morgan fingerprint density at radius 2 is 1.89 bits per heavy atom. The molecule has 1 aromatic carbocycles. The van der Waals surface area contributed by atoms with Crippen molar-refractivity contribution in [1.29, 1.82) is 0 Å². The summed E-state index contributed by atoms with van der Waals surface area (Å²) < 4.78 is 1.53. The number of nitrogens with one attached hydrogen (secondary N) is 1. The maximum Gasteiger partial charge on any atom is 0.330 e. The number of pyridine rings is 1. The molecule has 0 radical (unpaired) electrons. The molecule has 28 heavy (non-hydrogen) atoms. The molecule has 2 fully saturated rings. The van der Waals surface area contributed by atoms with Crippen LogP contribution < -0.4 is 11.2 Å². The van der Waals surface area contributed by atoms with Crippen molar-refractivity contribution >= 4 is 16.9 Å². The van der Waals surface area contributed by atoms with E-state index in [0.29, 0.717) is 30.2 Å². The van der Waals surface area contributed by atoms with E-state index in [4.69, 9.17) is 0 Å². The maximum atomic E-state index is 13.0. The van der Waals surface area contributed by atoms with Crippen molar-refractivity contribution < 1.29 is 4.79 Å². The molecule has 1 saturated heterocycles. The van der Waals surface area contributed by atoms with Crippen molar-refractivity contribution in [2.45, 2.75) is 31.2 Å². The number of nitrogens with zero attached hydrogens (tertiary/aromatic N) is 3. The van der Waals surface area contributed by atoms with Gasteiger partial charge in [0.2, 0.25) is 0 Å². The van der Waals surface area contributed by atoms with E-state index in [0.717, 1.165) is 19.3 Å². The first-order valence-electron chi connectivity index (χ1n) is 9.60. The first-order chi connectivity index (χ1) is 13.6. The summed E-state index contributed by atoms with van der Waals surface area (Å²) in [6.07, 6.45) is 4.20. The van der Waals surface area contributed by atoms with Crippen LogP contribution in [0.1, 0.15) is 47.1 Å². The highest BCUT2D eigenvalue weighted by Crippen LogP contribution is 2.35. The van der Waals surface area contributed by atoms with Crippen LogP contribution in [0.4, 0.5) is 0 Å². The SMILES string of the molecule is O=C(c1cnc2c(c1)c(=O)[nH]c(=O)n2C1CC1)N1CCC(c2ccccc2)C1. The summed E-state index contributed by atoms with van der Waals surface area (Å²) in [5.74, 6) is 0.193. The van der Waals surface area contributed by atoms with Crippen molar-refractivity contribution in [3.63, 3.8) is 0 Å². The topological polar surface area (TPSA) is 88.1 Å². The van der Waals surface area contributed by atoms with Crippen molar-refractivity contribution in [3.8, 4) is 0 Å². The van der Waals surface area contributed by atoms with E-state index < -0.39 is 11.2 Å². The third kappa shape index (κ3) is 2.83. The summed E-state index contributed by atoms with van der Waals surface area (Å²) in [5, 5.41) is 0.288. The lowest BCUT2D eigenvalue weighted by molar-refractivity contribution is 0.0790. The average Bonchev–Trinajstić information content (AvgIpc) is 3.42. The quantitative estimate of drug-likeness (QED) is 0.758. The number of rotatable bonds is 3. The van der Waals surface area contributed by atoms with Gasteiger partial charge in [0.15, 0.2) is 0 Å². The minimum Gasteiger partial charge on any atom is -0.338 e. The van der Waals surface area contributed by atoms with Gasteiger partial charge in [0.25, 0.3) is 11.5 Å². The van der Waals surface area contributed by atoms with Gasteiger partial charge in [-0.1, -0.05) is 30.3 Å². The number of fused-ring (bicyclic) bond motifs is 1. The molecule has 5 rings (SSSR count). The van der Waals surface area contributed by atoms with Gasteiger partial charge in [-0.05, 0) is 30.9 Å². The Bertz CT molecular complexity index is 1180. The molecule has 3 aromatic rings. The van der Waals surface area contributed by atoms with E-state index in [1.165, 1.54) is 16.3 Å². The Morgan fingerprint density at radius 1 is 1.11 bits per heavy atom. The molecule has 0 bridgehead atoms. The summed E-state index contributed by atoms with van der Waals surface area (Å²) in [7, 11) is 0. The first kappa shape index (κ1) is 16.9. The zero-order valence-corrected chi connectivity index (χ0v) is 15.3. The third-order valence-electron chi connectivity index (χ3n) is 5.68. The van der Waals surface area contributed by atoms with Crippen molar-refractivity contribution in [1.82, 2.24) is 19.4 Å². The van der Waals surface area contributed by atoms with Crippen LogP contribution in [0.15, 0.2) is 52.2 Å². The van der Waals surface area contributed by atoms with E-state index in [1.807, 2.05) is 23.1 Å².